The molecule has 4 heterocycles. The van der Waals surface area contributed by atoms with E-state index >= 15 is 0 Å². The molecule has 0 bridgehead atoms. The minimum atomic E-state index is -1.51. The quantitative estimate of drug-likeness (QED) is 0.0145. The largest absolute Gasteiger partial charge is 0.493 e. The summed E-state index contributed by atoms with van der Waals surface area (Å²) >= 11 is 0. The molecule has 0 spiro atoms. The van der Waals surface area contributed by atoms with E-state index in [2.05, 4.69) is 45.1 Å². The highest BCUT2D eigenvalue weighted by molar-refractivity contribution is 6.07. The summed E-state index contributed by atoms with van der Waals surface area (Å²) < 4.78 is 45.4. The van der Waals surface area contributed by atoms with Gasteiger partial charge in [0.1, 0.15) is 50.6 Å². The molecule has 8 N–H and O–H groups in total. The number of hydrogen-bond donors (Lipinski definition) is 8. The summed E-state index contributed by atoms with van der Waals surface area (Å²) in [4.78, 5) is 139. The lowest BCUT2D eigenvalue weighted by atomic mass is 10.0. The Labute approximate surface area is 585 Å². The molecule has 4 aliphatic rings. The number of aliphatic hydroxyl groups is 2. The zero-order chi connectivity index (χ0) is 73.2. The molecule has 8 rings (SSSR count). The maximum Gasteiger partial charge on any atom is 0.416 e. The van der Waals surface area contributed by atoms with Gasteiger partial charge in [0.2, 0.25) is 23.6 Å². The number of nitrogens with zero attached hydrogens (tertiary/aromatic N) is 4. The minimum Gasteiger partial charge on any atom is -0.493 e. The Morgan fingerprint density at radius 3 is 1.24 bits per heavy atom. The number of hydrogen-bond acceptors (Lipinski definition) is 20. The van der Waals surface area contributed by atoms with Gasteiger partial charge >= 0.3 is 24.4 Å². The highest BCUT2D eigenvalue weighted by Crippen LogP contribution is 2.44. The molecule has 0 saturated carbocycles. The Kier molecular flexibility index (Phi) is 26.7. The molecular weight excluding hydrogens is 1310 g/mol. The second-order valence-electron chi connectivity index (χ2n) is 25.2. The Morgan fingerprint density at radius 1 is 0.515 bits per heavy atom. The topological polar surface area (TPSA) is 370 Å². The lowest BCUT2D eigenvalue weighted by molar-refractivity contribution is -0.128. The van der Waals surface area contributed by atoms with E-state index in [1.807, 2.05) is 0 Å². The number of methoxy groups -OCH3 is 2. The van der Waals surface area contributed by atoms with E-state index in [1.165, 1.54) is 74.3 Å². The van der Waals surface area contributed by atoms with Crippen molar-refractivity contribution in [3.63, 3.8) is 0 Å². The molecule has 4 aromatic carbocycles. The van der Waals surface area contributed by atoms with Crippen molar-refractivity contribution >= 4 is 82.6 Å². The zero-order valence-corrected chi connectivity index (χ0v) is 57.9. The third-order valence-corrected chi connectivity index (χ3v) is 17.4. The van der Waals surface area contributed by atoms with Crippen molar-refractivity contribution in [1.82, 2.24) is 31.1 Å². The number of benzene rings is 4. The van der Waals surface area contributed by atoms with Gasteiger partial charge in [-0.1, -0.05) is 77.3 Å². The van der Waals surface area contributed by atoms with Gasteiger partial charge in [-0.2, -0.15) is 0 Å². The number of alkyl carbamates (subject to hydrolysis) is 2. The van der Waals surface area contributed by atoms with Crippen LogP contribution < -0.4 is 60.6 Å². The van der Waals surface area contributed by atoms with E-state index in [-0.39, 0.29) is 97.0 Å². The van der Waals surface area contributed by atoms with Crippen molar-refractivity contribution in [2.24, 2.45) is 11.8 Å². The van der Waals surface area contributed by atoms with Gasteiger partial charge in [-0.15, -0.1) is 0 Å². The predicted octanol–water partition coefficient (Wildman–Crippen LogP) is 7.25. The number of ether oxygens (including phenoxy) is 8. The number of unbranched alkanes of at least 4 members (excludes halogenated alkanes) is 2. The van der Waals surface area contributed by atoms with Gasteiger partial charge in [-0.25, -0.2) is 29.0 Å². The number of rotatable bonds is 30. The van der Waals surface area contributed by atoms with Crippen LogP contribution in [0.4, 0.5) is 41.9 Å². The lowest BCUT2D eigenvalue weighted by Crippen LogP contribution is -2.53. The highest BCUT2D eigenvalue weighted by Gasteiger charge is 2.47. The number of nitrogens with one attached hydrogen (secondary N) is 6. The summed E-state index contributed by atoms with van der Waals surface area (Å²) in [7, 11) is 2.82. The third-order valence-electron chi connectivity index (χ3n) is 17.4. The average Bonchev–Trinajstić information content (AvgIpc) is 1.63. The Balaban J connectivity index is 0.864. The maximum atomic E-state index is 14.2. The van der Waals surface area contributed by atoms with Crippen molar-refractivity contribution in [1.29, 1.82) is 0 Å². The smallest absolute Gasteiger partial charge is 0.416 e. The molecule has 30 heteroatoms. The lowest BCUT2D eigenvalue weighted by Gasteiger charge is -2.31. The summed E-state index contributed by atoms with van der Waals surface area (Å²) in [6.07, 6.45) is -0.263. The zero-order valence-electron chi connectivity index (χ0n) is 57.9. The fraction of sp³-hybridized carbons (Fsp3) is 0.465. The molecule has 0 aliphatic carbocycles. The first kappa shape index (κ1) is 76.1. The second kappa shape index (κ2) is 35.4. The standard InChI is InChI=1S/C71H90N10O20/c1-11-30-98-68(90)76-58(40(3)4)62(84)72-42(7)60(82)74-46-24-20-44(21-25-46)38-100-70(92)80-52-36-56(54(94-9)34-48(52)64(86)78-28-16-18-50(78)66(80)88)96-32-14-13-15-33-97-57-37-53-49(35-55(57)95-10)65(87)79-29-17-19-51(79)67(89)81(53)71(93)101-39-45-22-26-47(27-23-45)75-61(83)43(8)73-63(85)59(41(5)6)77-69(91)99-31-12-2/h11-12,20-27,34-37,40-43,50-51,58-59,66-67,88-89H,1-2,13-19,28-33,38-39H2,3-10H3,(H,72,84)(H,73,85)(H,74,82)(H,75,83)(H,76,90)(H,77,91)/t42-,43-,50-,51-,58-,59-,66?,67?/m0/s1. The Hall–Kier alpha value is -10.6. The van der Waals surface area contributed by atoms with Crippen LogP contribution in [0.1, 0.15) is 118 Å². The van der Waals surface area contributed by atoms with E-state index in [9.17, 15) is 58.2 Å². The fourth-order valence-electron chi connectivity index (χ4n) is 11.9. The van der Waals surface area contributed by atoms with Gasteiger partial charge in [0, 0.05) is 36.6 Å². The van der Waals surface area contributed by atoms with Gasteiger partial charge in [0.05, 0.1) is 62.0 Å². The number of anilines is 4. The van der Waals surface area contributed by atoms with E-state index < -0.39 is 109 Å². The Morgan fingerprint density at radius 2 is 0.891 bits per heavy atom. The van der Waals surface area contributed by atoms with Gasteiger partial charge in [-0.05, 0) is 118 Å². The van der Waals surface area contributed by atoms with Crippen LogP contribution in [-0.4, -0.2) is 182 Å². The molecule has 2 fully saturated rings. The molecule has 101 heavy (non-hydrogen) atoms. The second-order valence-corrected chi connectivity index (χ2v) is 25.2. The van der Waals surface area contributed by atoms with Gasteiger partial charge in [-0.3, -0.25) is 28.8 Å². The van der Waals surface area contributed by atoms with E-state index in [1.54, 1.807) is 76.2 Å². The van der Waals surface area contributed by atoms with Crippen LogP contribution in [0.2, 0.25) is 0 Å². The van der Waals surface area contributed by atoms with Gasteiger partial charge in [0.15, 0.2) is 35.5 Å². The molecule has 0 aromatic heterocycles. The Bertz CT molecular complexity index is 3450. The molecule has 10 amide bonds. The number of fused-ring (bicyclic) bond motifs is 4. The van der Waals surface area contributed by atoms with Gasteiger partial charge in [0.25, 0.3) is 11.8 Å². The van der Waals surface area contributed by atoms with Crippen LogP contribution in [0.15, 0.2) is 98.1 Å². The van der Waals surface area contributed by atoms with E-state index in [0.29, 0.717) is 80.5 Å². The van der Waals surface area contributed by atoms with Crippen LogP contribution in [0.5, 0.6) is 23.0 Å². The van der Waals surface area contributed by atoms with Crippen LogP contribution in [-0.2, 0) is 51.3 Å². The highest BCUT2D eigenvalue weighted by atomic mass is 16.6. The molecular formula is C71H90N10O20. The first-order valence-electron chi connectivity index (χ1n) is 33.5. The van der Waals surface area contributed by atoms with E-state index in [4.69, 9.17) is 37.9 Å². The summed E-state index contributed by atoms with van der Waals surface area (Å²) in [5.74, 6) is -3.02. The normalized spacial score (nSPS) is 17.9. The number of carbonyl (C=O) groups excluding carboxylic acids is 10. The monoisotopic (exact) mass is 1400 g/mol. The summed E-state index contributed by atoms with van der Waals surface area (Å²) in [5.41, 5.74) is 1.99. The van der Waals surface area contributed by atoms with Crippen LogP contribution in [0.3, 0.4) is 0 Å². The van der Waals surface area contributed by atoms with Crippen LogP contribution >= 0.6 is 0 Å². The summed E-state index contributed by atoms with van der Waals surface area (Å²) in [6.45, 7) is 17.2. The summed E-state index contributed by atoms with van der Waals surface area (Å²) in [5, 5.41) is 39.5. The van der Waals surface area contributed by atoms with Crippen molar-refractivity contribution in [3.05, 3.63) is 120 Å². The van der Waals surface area contributed by atoms with Crippen molar-refractivity contribution in [2.45, 2.75) is 148 Å². The third kappa shape index (κ3) is 19.0. The van der Waals surface area contributed by atoms with Crippen molar-refractivity contribution in [2.75, 3.05) is 74.2 Å². The number of aliphatic hydroxyl groups excluding tert-OH is 2. The molecule has 0 radical (unpaired) electrons. The predicted molar refractivity (Wildman–Crippen MR) is 368 cm³/mol. The first-order valence-corrected chi connectivity index (χ1v) is 33.5. The molecule has 2 unspecified atom stereocenters. The fourth-order valence-corrected chi connectivity index (χ4v) is 11.9. The SMILES string of the molecule is C=CCOC(=O)N[C@H](C(=O)N[C@@H](C)C(=O)Nc1ccc(COC(=O)N2c3cc(OCCCCCOc4cc5c(cc4OC)C(=O)N4CCC[C@H]4C(O)N5C(=O)OCc4ccc(NC(=O)[C@H](C)NC(=O)[C@@H](NC(=O)OCC=C)C(C)C)cc4)c(OC)cc3C(=O)N3CCC[C@H]3C2O)cc1)C(C)C. The molecule has 544 valence electrons. The molecule has 2 saturated heterocycles. The first-order chi connectivity index (χ1) is 48.4. The number of carbonyl (C=O) groups is 10. The molecule has 8 atom stereocenters. The van der Waals surface area contributed by atoms with E-state index in [0.717, 1.165) is 9.80 Å². The van der Waals surface area contributed by atoms with Crippen molar-refractivity contribution in [3.8, 4) is 23.0 Å². The van der Waals surface area contributed by atoms with Crippen molar-refractivity contribution < 1.29 is 96.1 Å². The maximum absolute atomic E-state index is 14.2. The summed E-state index contributed by atoms with van der Waals surface area (Å²) in [6, 6.07) is 13.1. The van der Waals surface area contributed by atoms with Crippen LogP contribution in [0, 0.1) is 11.8 Å². The molecule has 4 aliphatic heterocycles. The number of amides is 10. The van der Waals surface area contributed by atoms with Gasteiger partial charge < -0.3 is 89.8 Å². The molecule has 4 aromatic rings. The minimum absolute atomic E-state index is 0.0364. The molecule has 30 nitrogen and oxygen atoms in total. The average molecular weight is 1400 g/mol. The van der Waals surface area contributed by atoms with Crippen LogP contribution in [0.25, 0.3) is 0 Å².